The molecule has 1 fully saturated rings. The van der Waals surface area contributed by atoms with Crippen LogP contribution in [0.25, 0.3) is 16.9 Å². The summed E-state index contributed by atoms with van der Waals surface area (Å²) in [7, 11) is 1.67. The summed E-state index contributed by atoms with van der Waals surface area (Å²) in [5, 5.41) is 8.27. The molecule has 3 aromatic rings. The quantitative estimate of drug-likeness (QED) is 0.808. The van der Waals surface area contributed by atoms with Crippen molar-refractivity contribution >= 4 is 5.65 Å². The van der Waals surface area contributed by atoms with Gasteiger partial charge in [-0.3, -0.25) is 0 Å². The summed E-state index contributed by atoms with van der Waals surface area (Å²) in [6, 6.07) is 12.1. The summed E-state index contributed by atoms with van der Waals surface area (Å²) in [5.74, 6) is 1.35. The number of methoxy groups -OCH3 is 1. The fraction of sp³-hybridized carbons (Fsp3) is 0.333. The first-order chi connectivity index (χ1) is 11.3. The molecule has 2 aromatic heterocycles. The molecule has 0 amide bonds. The van der Waals surface area contributed by atoms with Crippen molar-refractivity contribution in [3.63, 3.8) is 0 Å². The van der Waals surface area contributed by atoms with Gasteiger partial charge in [0.05, 0.1) is 18.5 Å². The van der Waals surface area contributed by atoms with E-state index in [0.717, 1.165) is 35.7 Å². The first-order valence-corrected chi connectivity index (χ1v) is 8.05. The molecule has 0 aliphatic carbocycles. The second-order valence-corrected chi connectivity index (χ2v) is 5.94. The highest BCUT2D eigenvalue weighted by molar-refractivity contribution is 5.64. The Hall–Kier alpha value is -2.40. The number of hydrogen-bond donors (Lipinski definition) is 1. The van der Waals surface area contributed by atoms with Crippen molar-refractivity contribution in [2.24, 2.45) is 0 Å². The van der Waals surface area contributed by atoms with E-state index in [2.05, 4.69) is 16.4 Å². The molecule has 5 heteroatoms. The van der Waals surface area contributed by atoms with Crippen LogP contribution < -0.4 is 10.1 Å². The van der Waals surface area contributed by atoms with Crippen molar-refractivity contribution in [1.29, 1.82) is 0 Å². The number of nitrogens with one attached hydrogen (secondary N) is 1. The van der Waals surface area contributed by atoms with Gasteiger partial charge in [0.1, 0.15) is 5.75 Å². The maximum atomic E-state index is 5.22. The summed E-state index contributed by atoms with van der Waals surface area (Å²) in [4.78, 5) is 4.47. The highest BCUT2D eigenvalue weighted by Crippen LogP contribution is 2.26. The molecule has 5 nitrogen and oxygen atoms in total. The van der Waals surface area contributed by atoms with Crippen molar-refractivity contribution < 1.29 is 4.74 Å². The predicted molar refractivity (Wildman–Crippen MR) is 89.8 cm³/mol. The van der Waals surface area contributed by atoms with Crippen LogP contribution in [0.1, 0.15) is 24.5 Å². The zero-order valence-corrected chi connectivity index (χ0v) is 13.2. The fourth-order valence-corrected chi connectivity index (χ4v) is 3.23. The van der Waals surface area contributed by atoms with Gasteiger partial charge in [0.15, 0.2) is 5.65 Å². The Balaban J connectivity index is 1.74. The van der Waals surface area contributed by atoms with Gasteiger partial charge in [0, 0.05) is 30.3 Å². The summed E-state index contributed by atoms with van der Waals surface area (Å²) >= 11 is 0. The number of benzene rings is 1. The van der Waals surface area contributed by atoms with Gasteiger partial charge < -0.3 is 10.1 Å². The molecule has 118 valence electrons. The van der Waals surface area contributed by atoms with Gasteiger partial charge in [-0.25, -0.2) is 9.50 Å². The number of fused-ring (bicyclic) bond motifs is 1. The summed E-state index contributed by atoms with van der Waals surface area (Å²) in [5.41, 5.74) is 4.15. The third kappa shape index (κ3) is 2.68. The molecule has 1 aliphatic heterocycles. The minimum Gasteiger partial charge on any atom is -0.497 e. The van der Waals surface area contributed by atoms with Crippen molar-refractivity contribution in [2.45, 2.75) is 18.8 Å². The molecule has 0 bridgehead atoms. The van der Waals surface area contributed by atoms with Crippen LogP contribution in [-0.2, 0) is 0 Å². The Kier molecular flexibility index (Phi) is 3.71. The lowest BCUT2D eigenvalue weighted by Crippen LogP contribution is -2.29. The minimum absolute atomic E-state index is 0.498. The summed E-state index contributed by atoms with van der Waals surface area (Å²) in [6.45, 7) is 2.12. The highest BCUT2D eigenvalue weighted by atomic mass is 16.5. The van der Waals surface area contributed by atoms with Crippen LogP contribution in [0.5, 0.6) is 5.75 Å². The molecule has 1 N–H and O–H groups in total. The van der Waals surface area contributed by atoms with E-state index < -0.39 is 0 Å². The molecule has 1 aliphatic rings. The van der Waals surface area contributed by atoms with E-state index in [9.17, 15) is 0 Å². The third-order valence-electron chi connectivity index (χ3n) is 4.49. The maximum Gasteiger partial charge on any atom is 0.155 e. The molecule has 1 atom stereocenters. The number of nitrogens with zero attached hydrogens (tertiary/aromatic N) is 3. The summed E-state index contributed by atoms with van der Waals surface area (Å²) < 4.78 is 7.21. The molecule has 1 saturated heterocycles. The molecular weight excluding hydrogens is 288 g/mol. The monoisotopic (exact) mass is 308 g/mol. The molecule has 1 aromatic carbocycles. The average Bonchev–Trinajstić information content (AvgIpc) is 3.06. The Labute approximate surface area is 135 Å². The maximum absolute atomic E-state index is 5.22. The molecular formula is C18H20N4O. The molecule has 0 saturated carbocycles. The van der Waals surface area contributed by atoms with Crippen LogP contribution in [0.2, 0.25) is 0 Å². The van der Waals surface area contributed by atoms with Gasteiger partial charge in [-0.2, -0.15) is 5.10 Å². The van der Waals surface area contributed by atoms with E-state index in [-0.39, 0.29) is 0 Å². The lowest BCUT2D eigenvalue weighted by atomic mass is 9.96. The zero-order valence-electron chi connectivity index (χ0n) is 13.2. The average molecular weight is 308 g/mol. The van der Waals surface area contributed by atoms with E-state index in [0.29, 0.717) is 5.92 Å². The Bertz CT molecular complexity index is 804. The van der Waals surface area contributed by atoms with Crippen LogP contribution in [0.4, 0.5) is 0 Å². The third-order valence-corrected chi connectivity index (χ3v) is 4.49. The second kappa shape index (κ2) is 6.01. The molecule has 0 spiro atoms. The van der Waals surface area contributed by atoms with Gasteiger partial charge in [-0.1, -0.05) is 0 Å². The molecule has 1 unspecified atom stereocenters. The standard InChI is InChI=1S/C18H20N4O/c1-23-15-6-4-13(5-7-15)16-11-18-20-10-8-17(22(18)21-16)14-3-2-9-19-12-14/h4-8,10-11,14,19H,2-3,9,12H2,1H3. The number of ether oxygens (including phenoxy) is 1. The van der Waals surface area contributed by atoms with Gasteiger partial charge >= 0.3 is 0 Å². The van der Waals surface area contributed by atoms with E-state index >= 15 is 0 Å². The predicted octanol–water partition coefficient (Wildman–Crippen LogP) is 2.87. The van der Waals surface area contributed by atoms with Crippen LogP contribution >= 0.6 is 0 Å². The normalized spacial score (nSPS) is 18.2. The van der Waals surface area contributed by atoms with Gasteiger partial charge in [0.2, 0.25) is 0 Å². The van der Waals surface area contributed by atoms with Crippen molar-refractivity contribution in [3.8, 4) is 17.0 Å². The second-order valence-electron chi connectivity index (χ2n) is 5.94. The lowest BCUT2D eigenvalue weighted by Gasteiger charge is -2.23. The fourth-order valence-electron chi connectivity index (χ4n) is 3.23. The number of rotatable bonds is 3. The van der Waals surface area contributed by atoms with Crippen LogP contribution in [0.3, 0.4) is 0 Å². The van der Waals surface area contributed by atoms with Crippen LogP contribution in [0.15, 0.2) is 42.6 Å². The highest BCUT2D eigenvalue weighted by Gasteiger charge is 2.19. The van der Waals surface area contributed by atoms with Crippen LogP contribution in [0, 0.1) is 0 Å². The number of piperidine rings is 1. The van der Waals surface area contributed by atoms with Crippen LogP contribution in [-0.4, -0.2) is 34.8 Å². The topological polar surface area (TPSA) is 51.5 Å². The first kappa shape index (κ1) is 14.2. The molecule has 4 rings (SSSR count). The largest absolute Gasteiger partial charge is 0.497 e. The first-order valence-electron chi connectivity index (χ1n) is 8.05. The lowest BCUT2D eigenvalue weighted by molar-refractivity contribution is 0.415. The molecule has 3 heterocycles. The summed E-state index contributed by atoms with van der Waals surface area (Å²) in [6.07, 6.45) is 4.30. The Morgan fingerprint density at radius 3 is 2.83 bits per heavy atom. The van der Waals surface area contributed by atoms with Crippen molar-refractivity contribution in [3.05, 3.63) is 48.3 Å². The van der Waals surface area contributed by atoms with E-state index in [4.69, 9.17) is 9.84 Å². The van der Waals surface area contributed by atoms with Gasteiger partial charge in [-0.05, 0) is 49.7 Å². The Morgan fingerprint density at radius 2 is 2.09 bits per heavy atom. The van der Waals surface area contributed by atoms with E-state index in [1.807, 2.05) is 41.0 Å². The smallest absolute Gasteiger partial charge is 0.155 e. The number of hydrogen-bond acceptors (Lipinski definition) is 4. The SMILES string of the molecule is COc1ccc(-c2cc3nccc(C4CCCNC4)n3n2)cc1. The van der Waals surface area contributed by atoms with Crippen molar-refractivity contribution in [1.82, 2.24) is 19.9 Å². The van der Waals surface area contributed by atoms with E-state index in [1.165, 1.54) is 18.5 Å². The molecule has 23 heavy (non-hydrogen) atoms. The Morgan fingerprint density at radius 1 is 1.22 bits per heavy atom. The van der Waals surface area contributed by atoms with Gasteiger partial charge in [0.25, 0.3) is 0 Å². The van der Waals surface area contributed by atoms with E-state index in [1.54, 1.807) is 7.11 Å². The molecule has 0 radical (unpaired) electrons. The zero-order chi connectivity index (χ0) is 15.6. The van der Waals surface area contributed by atoms with Crippen molar-refractivity contribution in [2.75, 3.05) is 20.2 Å². The minimum atomic E-state index is 0.498. The van der Waals surface area contributed by atoms with Gasteiger partial charge in [-0.15, -0.1) is 0 Å². The number of aromatic nitrogens is 3.